The molecule has 1 unspecified atom stereocenters. The molecule has 0 radical (unpaired) electrons. The molecular formula is C19H28N3O2S+. The number of urea groups is 1. The molecule has 0 aromatic carbocycles. The molecule has 5 nitrogen and oxygen atoms in total. The highest BCUT2D eigenvalue weighted by Gasteiger charge is 2.29. The Bertz CT molecular complexity index is 653. The van der Waals surface area contributed by atoms with E-state index in [-0.39, 0.29) is 11.9 Å². The van der Waals surface area contributed by atoms with Gasteiger partial charge < -0.3 is 10.2 Å². The molecule has 1 aliphatic heterocycles. The van der Waals surface area contributed by atoms with Crippen LogP contribution in [0.3, 0.4) is 0 Å². The van der Waals surface area contributed by atoms with Gasteiger partial charge in [0.15, 0.2) is 6.54 Å². The Hall–Kier alpha value is -1.66. The molecule has 2 aliphatic rings. The lowest BCUT2D eigenvalue weighted by molar-refractivity contribution is -0.924. The SMILES string of the molecule is C[C@@H]1c2ccsc2CC[NH+]1CC(=O)NC(=O)NCCC1=CCCCC1. The van der Waals surface area contributed by atoms with Crippen LogP contribution in [0.15, 0.2) is 23.1 Å². The summed E-state index contributed by atoms with van der Waals surface area (Å²) in [7, 11) is 0. The molecule has 0 saturated heterocycles. The minimum absolute atomic E-state index is 0.199. The van der Waals surface area contributed by atoms with Crippen LogP contribution in [0.4, 0.5) is 4.79 Å². The van der Waals surface area contributed by atoms with Crippen molar-refractivity contribution in [1.29, 1.82) is 0 Å². The molecule has 0 saturated carbocycles. The van der Waals surface area contributed by atoms with Gasteiger partial charge >= 0.3 is 6.03 Å². The van der Waals surface area contributed by atoms with Crippen molar-refractivity contribution in [3.05, 3.63) is 33.5 Å². The van der Waals surface area contributed by atoms with Crippen molar-refractivity contribution in [2.45, 2.75) is 51.5 Å². The normalized spacial score (nSPS) is 22.7. The van der Waals surface area contributed by atoms with E-state index in [9.17, 15) is 9.59 Å². The number of imide groups is 1. The molecule has 3 amide bonds. The summed E-state index contributed by atoms with van der Waals surface area (Å²) >= 11 is 1.80. The molecule has 6 heteroatoms. The molecule has 2 heterocycles. The smallest absolute Gasteiger partial charge is 0.321 e. The summed E-state index contributed by atoms with van der Waals surface area (Å²) in [6.45, 7) is 4.04. The molecule has 3 rings (SSSR count). The first-order valence-electron chi connectivity index (χ1n) is 9.30. The highest BCUT2D eigenvalue weighted by Crippen LogP contribution is 2.24. The number of nitrogens with one attached hydrogen (secondary N) is 3. The molecule has 136 valence electrons. The number of allylic oxidation sites excluding steroid dienone is 1. The quantitative estimate of drug-likeness (QED) is 0.701. The van der Waals surface area contributed by atoms with E-state index in [1.807, 2.05) is 0 Å². The third-order valence-electron chi connectivity index (χ3n) is 5.29. The number of carbonyl (C=O) groups is 2. The lowest BCUT2D eigenvalue weighted by Crippen LogP contribution is -3.14. The highest BCUT2D eigenvalue weighted by atomic mass is 32.1. The van der Waals surface area contributed by atoms with Gasteiger partial charge in [-0.1, -0.05) is 11.6 Å². The maximum absolute atomic E-state index is 12.2. The van der Waals surface area contributed by atoms with E-state index in [0.717, 1.165) is 32.2 Å². The first kappa shape index (κ1) is 18.1. The zero-order valence-corrected chi connectivity index (χ0v) is 15.7. The fourth-order valence-corrected chi connectivity index (χ4v) is 4.76. The Kier molecular flexibility index (Phi) is 6.26. The molecule has 25 heavy (non-hydrogen) atoms. The van der Waals surface area contributed by atoms with Crippen LogP contribution in [-0.4, -0.2) is 31.6 Å². The van der Waals surface area contributed by atoms with Gasteiger partial charge in [0.1, 0.15) is 6.04 Å². The Morgan fingerprint density at radius 3 is 3.00 bits per heavy atom. The maximum atomic E-state index is 12.2. The van der Waals surface area contributed by atoms with Crippen LogP contribution >= 0.6 is 11.3 Å². The number of fused-ring (bicyclic) bond motifs is 1. The fourth-order valence-electron chi connectivity index (χ4n) is 3.78. The number of thiophene rings is 1. The third-order valence-corrected chi connectivity index (χ3v) is 6.29. The van der Waals surface area contributed by atoms with Gasteiger partial charge in [-0.25, -0.2) is 4.79 Å². The number of amides is 3. The average molecular weight is 363 g/mol. The molecule has 1 aromatic rings. The van der Waals surface area contributed by atoms with Gasteiger partial charge in [0.2, 0.25) is 0 Å². The minimum atomic E-state index is -0.373. The second kappa shape index (κ2) is 8.63. The van der Waals surface area contributed by atoms with Crippen molar-refractivity contribution in [3.8, 4) is 0 Å². The van der Waals surface area contributed by atoms with Gasteiger partial charge in [0, 0.05) is 23.4 Å². The molecule has 2 atom stereocenters. The van der Waals surface area contributed by atoms with Crippen molar-refractivity contribution in [2.24, 2.45) is 0 Å². The first-order valence-corrected chi connectivity index (χ1v) is 10.2. The summed E-state index contributed by atoms with van der Waals surface area (Å²) in [5.41, 5.74) is 2.78. The van der Waals surface area contributed by atoms with E-state index in [0.29, 0.717) is 19.1 Å². The Labute approximate surface area is 153 Å². The number of hydrogen-bond donors (Lipinski definition) is 3. The van der Waals surface area contributed by atoms with Crippen LogP contribution in [0.1, 0.15) is 55.5 Å². The van der Waals surface area contributed by atoms with Gasteiger partial charge in [-0.3, -0.25) is 10.1 Å². The second-order valence-electron chi connectivity index (χ2n) is 7.02. The summed E-state index contributed by atoms with van der Waals surface area (Å²) in [6.07, 6.45) is 9.01. The van der Waals surface area contributed by atoms with E-state index >= 15 is 0 Å². The average Bonchev–Trinajstić information content (AvgIpc) is 3.08. The lowest BCUT2D eigenvalue weighted by Gasteiger charge is -2.29. The molecule has 1 aromatic heterocycles. The predicted molar refractivity (Wildman–Crippen MR) is 99.8 cm³/mol. The maximum Gasteiger partial charge on any atom is 0.321 e. The topological polar surface area (TPSA) is 62.6 Å². The summed E-state index contributed by atoms with van der Waals surface area (Å²) in [4.78, 5) is 26.7. The fraction of sp³-hybridized carbons (Fsp3) is 0.579. The van der Waals surface area contributed by atoms with Crippen LogP contribution in [0.25, 0.3) is 0 Å². The van der Waals surface area contributed by atoms with Crippen LogP contribution in [0.2, 0.25) is 0 Å². The summed E-state index contributed by atoms with van der Waals surface area (Å²) in [6, 6.07) is 2.10. The van der Waals surface area contributed by atoms with Gasteiger partial charge in [0.05, 0.1) is 6.54 Å². The third kappa shape index (κ3) is 4.92. The van der Waals surface area contributed by atoms with Crippen molar-refractivity contribution in [1.82, 2.24) is 10.6 Å². The minimum Gasteiger partial charge on any atom is -0.337 e. The van der Waals surface area contributed by atoms with E-state index in [2.05, 4.69) is 35.1 Å². The lowest BCUT2D eigenvalue weighted by atomic mass is 9.97. The standard InChI is InChI=1S/C19H27N3O2S/c1-14-16-9-12-25-17(16)8-11-22(14)13-18(23)21-19(24)20-10-7-15-5-3-2-4-6-15/h5,9,12,14H,2-4,6-8,10-11,13H2,1H3,(H2,20,21,23,24)/p+1/t14-/m1/s1. The number of rotatable bonds is 5. The molecule has 3 N–H and O–H groups in total. The van der Waals surface area contributed by atoms with Crippen LogP contribution in [-0.2, 0) is 11.2 Å². The van der Waals surface area contributed by atoms with E-state index in [1.165, 1.54) is 33.8 Å². The van der Waals surface area contributed by atoms with Crippen LogP contribution in [0, 0.1) is 0 Å². The zero-order chi connectivity index (χ0) is 17.6. The second-order valence-corrected chi connectivity index (χ2v) is 8.02. The van der Waals surface area contributed by atoms with Gasteiger partial charge in [-0.15, -0.1) is 11.3 Å². The first-order chi connectivity index (χ1) is 12.1. The van der Waals surface area contributed by atoms with E-state index in [1.54, 1.807) is 11.3 Å². The van der Waals surface area contributed by atoms with E-state index in [4.69, 9.17) is 0 Å². The number of quaternary nitrogens is 1. The van der Waals surface area contributed by atoms with Crippen molar-refractivity contribution >= 4 is 23.3 Å². The van der Waals surface area contributed by atoms with Gasteiger partial charge in [-0.2, -0.15) is 0 Å². The Morgan fingerprint density at radius 1 is 1.32 bits per heavy atom. The molecule has 0 spiro atoms. The zero-order valence-electron chi connectivity index (χ0n) is 14.9. The summed E-state index contributed by atoms with van der Waals surface area (Å²) < 4.78 is 0. The molecule has 1 aliphatic carbocycles. The Morgan fingerprint density at radius 2 is 2.20 bits per heavy atom. The van der Waals surface area contributed by atoms with Crippen LogP contribution < -0.4 is 15.5 Å². The predicted octanol–water partition coefficient (Wildman–Crippen LogP) is 1.97. The summed E-state index contributed by atoms with van der Waals surface area (Å²) in [5, 5.41) is 7.40. The van der Waals surface area contributed by atoms with Gasteiger partial charge in [0.25, 0.3) is 5.91 Å². The number of carbonyl (C=O) groups excluding carboxylic acids is 2. The molecule has 0 bridgehead atoms. The van der Waals surface area contributed by atoms with E-state index < -0.39 is 0 Å². The molecular weight excluding hydrogens is 334 g/mol. The van der Waals surface area contributed by atoms with Crippen molar-refractivity contribution in [2.75, 3.05) is 19.6 Å². The largest absolute Gasteiger partial charge is 0.337 e. The van der Waals surface area contributed by atoms with Crippen molar-refractivity contribution in [3.63, 3.8) is 0 Å². The molecule has 0 fully saturated rings. The van der Waals surface area contributed by atoms with Gasteiger partial charge in [-0.05, 0) is 50.5 Å². The highest BCUT2D eigenvalue weighted by molar-refractivity contribution is 7.10. The van der Waals surface area contributed by atoms with Crippen molar-refractivity contribution < 1.29 is 14.5 Å². The summed E-state index contributed by atoms with van der Waals surface area (Å²) in [5.74, 6) is -0.199. The Balaban J connectivity index is 1.38. The number of hydrogen-bond acceptors (Lipinski definition) is 3. The monoisotopic (exact) mass is 362 g/mol. The van der Waals surface area contributed by atoms with Crippen LogP contribution in [0.5, 0.6) is 0 Å².